The van der Waals surface area contributed by atoms with Crippen LogP contribution in [-0.2, 0) is 13.6 Å². The third kappa shape index (κ3) is 4.45. The first-order valence-electron chi connectivity index (χ1n) is 11.9. The number of carbonyl (C=O) groups is 1. The van der Waals surface area contributed by atoms with Crippen molar-refractivity contribution >= 4 is 28.3 Å². The van der Waals surface area contributed by atoms with Gasteiger partial charge in [0.1, 0.15) is 11.5 Å². The molecule has 0 unspecified atom stereocenters. The SMILES string of the molecule is Cc1cc(C(=O)N(C)C)cnc1C1=CCN(Cc2cc3c(-c4ccc(N)nn4)ccnc3n2C)CC1. The lowest BCUT2D eigenvalue weighted by Gasteiger charge is -2.26. The van der Waals surface area contributed by atoms with E-state index in [1.807, 2.05) is 31.3 Å². The Morgan fingerprint density at radius 3 is 2.64 bits per heavy atom. The number of hydrogen-bond acceptors (Lipinski definition) is 7. The van der Waals surface area contributed by atoms with E-state index in [-0.39, 0.29) is 5.91 Å². The smallest absolute Gasteiger partial charge is 0.254 e. The molecule has 0 aliphatic carbocycles. The molecule has 0 saturated carbocycles. The summed E-state index contributed by atoms with van der Waals surface area (Å²) in [6, 6.07) is 9.75. The molecule has 0 aromatic carbocycles. The summed E-state index contributed by atoms with van der Waals surface area (Å²) >= 11 is 0. The summed E-state index contributed by atoms with van der Waals surface area (Å²) in [5.41, 5.74) is 13.4. The van der Waals surface area contributed by atoms with Crippen molar-refractivity contribution in [2.75, 3.05) is 32.9 Å². The third-order valence-corrected chi connectivity index (χ3v) is 6.70. The van der Waals surface area contributed by atoms with E-state index in [0.717, 1.165) is 59.6 Å². The van der Waals surface area contributed by atoms with Gasteiger partial charge >= 0.3 is 0 Å². The van der Waals surface area contributed by atoms with Crippen LogP contribution in [0.5, 0.6) is 0 Å². The average Bonchev–Trinajstić information content (AvgIpc) is 3.19. The molecule has 5 rings (SSSR count). The Morgan fingerprint density at radius 1 is 1.14 bits per heavy atom. The quantitative estimate of drug-likeness (QED) is 0.465. The van der Waals surface area contributed by atoms with E-state index in [1.165, 1.54) is 11.3 Å². The molecule has 4 aromatic heterocycles. The van der Waals surface area contributed by atoms with E-state index >= 15 is 0 Å². The maximum absolute atomic E-state index is 12.3. The van der Waals surface area contributed by atoms with E-state index < -0.39 is 0 Å². The summed E-state index contributed by atoms with van der Waals surface area (Å²) < 4.78 is 2.15. The summed E-state index contributed by atoms with van der Waals surface area (Å²) in [5, 5.41) is 9.32. The van der Waals surface area contributed by atoms with Gasteiger partial charge in [-0.15, -0.1) is 10.2 Å². The number of aromatic nitrogens is 5. The van der Waals surface area contributed by atoms with Crippen molar-refractivity contribution < 1.29 is 4.79 Å². The normalized spacial score (nSPS) is 14.2. The molecule has 0 radical (unpaired) electrons. The largest absolute Gasteiger partial charge is 0.382 e. The molecule has 0 spiro atoms. The molecule has 5 heterocycles. The van der Waals surface area contributed by atoms with Gasteiger partial charge in [-0.2, -0.15) is 0 Å². The number of aryl methyl sites for hydroxylation is 2. The molecule has 1 aliphatic rings. The summed E-state index contributed by atoms with van der Waals surface area (Å²) in [4.78, 5) is 25.5. The fraction of sp³-hybridized carbons (Fsp3) is 0.296. The minimum Gasteiger partial charge on any atom is -0.382 e. The van der Waals surface area contributed by atoms with E-state index in [9.17, 15) is 4.79 Å². The van der Waals surface area contributed by atoms with Crippen LogP contribution in [0.1, 0.15) is 33.7 Å². The molecule has 9 heteroatoms. The molecule has 0 saturated heterocycles. The highest BCUT2D eigenvalue weighted by Gasteiger charge is 2.20. The van der Waals surface area contributed by atoms with Crippen molar-refractivity contribution in [1.82, 2.24) is 34.5 Å². The lowest BCUT2D eigenvalue weighted by molar-refractivity contribution is 0.0827. The fourth-order valence-corrected chi connectivity index (χ4v) is 4.72. The van der Waals surface area contributed by atoms with E-state index in [2.05, 4.69) is 48.8 Å². The summed E-state index contributed by atoms with van der Waals surface area (Å²) in [6.45, 7) is 4.59. The molecule has 184 valence electrons. The molecule has 2 N–H and O–H groups in total. The van der Waals surface area contributed by atoms with Crippen LogP contribution in [0.2, 0.25) is 0 Å². The minimum absolute atomic E-state index is 0.0306. The zero-order chi connectivity index (χ0) is 25.4. The predicted octanol–water partition coefficient (Wildman–Crippen LogP) is 3.31. The lowest BCUT2D eigenvalue weighted by atomic mass is 9.99. The van der Waals surface area contributed by atoms with E-state index in [1.54, 1.807) is 31.3 Å². The molecule has 1 amide bonds. The molecular weight excluding hydrogens is 452 g/mol. The Balaban J connectivity index is 1.35. The topological polar surface area (TPSA) is 106 Å². The molecule has 4 aromatic rings. The Kier molecular flexibility index (Phi) is 6.24. The van der Waals surface area contributed by atoms with Gasteiger partial charge in [-0.25, -0.2) is 4.98 Å². The van der Waals surface area contributed by atoms with Crippen LogP contribution in [0.3, 0.4) is 0 Å². The summed E-state index contributed by atoms with van der Waals surface area (Å²) in [6.07, 6.45) is 6.65. The number of amides is 1. The van der Waals surface area contributed by atoms with E-state index in [0.29, 0.717) is 11.4 Å². The second kappa shape index (κ2) is 9.50. The zero-order valence-electron chi connectivity index (χ0n) is 21.1. The first-order chi connectivity index (χ1) is 17.3. The number of nitrogen functional groups attached to an aromatic ring is 1. The van der Waals surface area contributed by atoms with Gasteiger partial charge in [0.2, 0.25) is 0 Å². The highest BCUT2D eigenvalue weighted by Crippen LogP contribution is 2.30. The Morgan fingerprint density at radius 2 is 1.97 bits per heavy atom. The van der Waals surface area contributed by atoms with Gasteiger partial charge in [-0.05, 0) is 54.8 Å². The predicted molar refractivity (Wildman–Crippen MR) is 141 cm³/mol. The van der Waals surface area contributed by atoms with Crippen LogP contribution in [0, 0.1) is 6.92 Å². The number of hydrogen-bond donors (Lipinski definition) is 1. The van der Waals surface area contributed by atoms with Crippen LogP contribution in [-0.4, -0.2) is 67.6 Å². The van der Waals surface area contributed by atoms with Crippen molar-refractivity contribution in [3.63, 3.8) is 0 Å². The van der Waals surface area contributed by atoms with Crippen molar-refractivity contribution in [3.05, 3.63) is 71.3 Å². The van der Waals surface area contributed by atoms with Gasteiger partial charge in [-0.3, -0.25) is 14.7 Å². The van der Waals surface area contributed by atoms with Crippen LogP contribution in [0.25, 0.3) is 27.9 Å². The van der Waals surface area contributed by atoms with Gasteiger partial charge in [0.05, 0.1) is 17.0 Å². The molecular formula is C27H30N8O. The van der Waals surface area contributed by atoms with Gasteiger partial charge in [0.15, 0.2) is 0 Å². The number of pyridine rings is 2. The van der Waals surface area contributed by atoms with Crippen LogP contribution >= 0.6 is 0 Å². The monoisotopic (exact) mass is 482 g/mol. The number of rotatable bonds is 5. The zero-order valence-corrected chi connectivity index (χ0v) is 21.1. The van der Waals surface area contributed by atoms with Crippen molar-refractivity contribution in [3.8, 4) is 11.3 Å². The number of nitrogens with two attached hydrogens (primary N) is 1. The van der Waals surface area contributed by atoms with Crippen molar-refractivity contribution in [2.24, 2.45) is 7.05 Å². The van der Waals surface area contributed by atoms with Crippen LogP contribution < -0.4 is 5.73 Å². The Bertz CT molecular complexity index is 1470. The summed E-state index contributed by atoms with van der Waals surface area (Å²) in [7, 11) is 5.56. The molecule has 9 nitrogen and oxygen atoms in total. The van der Waals surface area contributed by atoms with Crippen molar-refractivity contribution in [2.45, 2.75) is 19.9 Å². The highest BCUT2D eigenvalue weighted by molar-refractivity contribution is 5.94. The highest BCUT2D eigenvalue weighted by atomic mass is 16.2. The number of nitrogens with zero attached hydrogens (tertiary/aromatic N) is 7. The first kappa shape index (κ1) is 23.6. The molecule has 36 heavy (non-hydrogen) atoms. The summed E-state index contributed by atoms with van der Waals surface area (Å²) in [5.74, 6) is 0.371. The minimum atomic E-state index is -0.0306. The number of carbonyl (C=O) groups excluding carboxylic acids is 1. The van der Waals surface area contributed by atoms with Crippen LogP contribution in [0.4, 0.5) is 5.82 Å². The first-order valence-corrected chi connectivity index (χ1v) is 11.9. The molecule has 0 bridgehead atoms. The lowest BCUT2D eigenvalue weighted by Crippen LogP contribution is -2.29. The van der Waals surface area contributed by atoms with Gasteiger partial charge < -0.3 is 15.2 Å². The standard InChI is InChI=1S/C27H30N8O/c1-17-13-19(27(36)33(2)3)15-30-25(17)18-8-11-35(12-9-18)16-20-14-22-21(7-10-29-26(22)34(20)4)23-5-6-24(28)32-31-23/h5-8,10,13-15H,9,11-12,16H2,1-4H3,(H2,28,32). The van der Waals surface area contributed by atoms with Crippen molar-refractivity contribution in [1.29, 1.82) is 0 Å². The number of anilines is 1. The second-order valence-corrected chi connectivity index (χ2v) is 9.44. The average molecular weight is 483 g/mol. The van der Waals surface area contributed by atoms with Gasteiger partial charge in [0.25, 0.3) is 5.91 Å². The molecule has 0 fully saturated rings. The Labute approximate surface area is 210 Å². The number of fused-ring (bicyclic) bond motifs is 1. The third-order valence-electron chi connectivity index (χ3n) is 6.70. The maximum Gasteiger partial charge on any atom is 0.254 e. The van der Waals surface area contributed by atoms with Gasteiger partial charge in [-0.1, -0.05) is 6.08 Å². The molecule has 0 atom stereocenters. The maximum atomic E-state index is 12.3. The van der Waals surface area contributed by atoms with Gasteiger partial charge in [0, 0.05) is 69.8 Å². The Hall–Kier alpha value is -4.11. The second-order valence-electron chi connectivity index (χ2n) is 9.44. The molecule has 1 aliphatic heterocycles. The van der Waals surface area contributed by atoms with Crippen LogP contribution in [0.15, 0.2) is 48.8 Å². The van der Waals surface area contributed by atoms with E-state index in [4.69, 9.17) is 5.73 Å². The fourth-order valence-electron chi connectivity index (χ4n) is 4.72.